The molecule has 1 aromatic heterocycles. The first-order valence-electron chi connectivity index (χ1n) is 5.13. The number of hydrogen-bond acceptors (Lipinski definition) is 6. The number of rotatable bonds is 3. The lowest BCUT2D eigenvalue weighted by atomic mass is 10.2. The lowest BCUT2D eigenvalue weighted by molar-refractivity contribution is 0.459. The number of halogens is 1. The molecule has 1 heterocycles. The highest BCUT2D eigenvalue weighted by molar-refractivity contribution is 9.10. The van der Waals surface area contributed by atoms with Crippen LogP contribution in [0.5, 0.6) is 11.6 Å². The van der Waals surface area contributed by atoms with Gasteiger partial charge < -0.3 is 15.9 Å². The lowest BCUT2D eigenvalue weighted by Crippen LogP contribution is -2.10. The monoisotopic (exact) mass is 309 g/mol. The van der Waals surface area contributed by atoms with E-state index in [1.54, 1.807) is 6.07 Å². The fraction of sp³-hybridized carbons (Fsp3) is 0.0909. The average Bonchev–Trinajstić information content (AvgIpc) is 2.33. The molecule has 0 saturated heterocycles. The van der Waals surface area contributed by atoms with Crippen molar-refractivity contribution in [2.24, 2.45) is 5.84 Å². The van der Waals surface area contributed by atoms with Gasteiger partial charge in [0.2, 0.25) is 11.8 Å². The second-order valence-electron chi connectivity index (χ2n) is 3.61. The molecule has 0 spiro atoms. The minimum absolute atomic E-state index is 0.0908. The SMILES string of the molecule is Cc1ccc(Br)cc1Oc1cc(NN)nc(N)n1. The van der Waals surface area contributed by atoms with E-state index in [4.69, 9.17) is 16.3 Å². The van der Waals surface area contributed by atoms with Crippen molar-refractivity contribution >= 4 is 27.7 Å². The summed E-state index contributed by atoms with van der Waals surface area (Å²) in [6.45, 7) is 1.94. The summed E-state index contributed by atoms with van der Waals surface area (Å²) < 4.78 is 6.58. The van der Waals surface area contributed by atoms with E-state index in [9.17, 15) is 0 Å². The Bertz CT molecular complexity index is 575. The average molecular weight is 310 g/mol. The molecule has 0 aliphatic heterocycles. The smallest absolute Gasteiger partial charge is 0.226 e. The van der Waals surface area contributed by atoms with Gasteiger partial charge in [0.25, 0.3) is 0 Å². The first-order valence-corrected chi connectivity index (χ1v) is 5.93. The van der Waals surface area contributed by atoms with Crippen LogP contribution in [0, 0.1) is 6.92 Å². The van der Waals surface area contributed by atoms with Crippen molar-refractivity contribution in [3.63, 3.8) is 0 Å². The maximum absolute atomic E-state index is 5.66. The zero-order valence-corrected chi connectivity index (χ0v) is 11.2. The minimum Gasteiger partial charge on any atom is -0.438 e. The molecular formula is C11H12BrN5O. The number of nitrogens with one attached hydrogen (secondary N) is 1. The first kappa shape index (κ1) is 12.6. The third kappa shape index (κ3) is 2.88. The molecule has 2 aromatic rings. The molecule has 0 atom stereocenters. The molecule has 18 heavy (non-hydrogen) atoms. The first-order chi connectivity index (χ1) is 8.58. The van der Waals surface area contributed by atoms with Crippen molar-refractivity contribution in [1.82, 2.24) is 9.97 Å². The Morgan fingerprint density at radius 2 is 2.06 bits per heavy atom. The summed E-state index contributed by atoms with van der Waals surface area (Å²) in [5, 5.41) is 0. The zero-order chi connectivity index (χ0) is 13.1. The fourth-order valence-corrected chi connectivity index (χ4v) is 1.71. The van der Waals surface area contributed by atoms with Crippen molar-refractivity contribution in [3.8, 4) is 11.6 Å². The van der Waals surface area contributed by atoms with Crippen LogP contribution in [0.4, 0.5) is 11.8 Å². The van der Waals surface area contributed by atoms with Gasteiger partial charge in [-0.25, -0.2) is 5.84 Å². The molecule has 0 aliphatic rings. The van der Waals surface area contributed by atoms with Gasteiger partial charge in [-0.1, -0.05) is 22.0 Å². The third-order valence-corrected chi connectivity index (χ3v) is 2.73. The summed E-state index contributed by atoms with van der Waals surface area (Å²) in [4.78, 5) is 7.86. The number of aromatic nitrogens is 2. The predicted molar refractivity (Wildman–Crippen MR) is 73.2 cm³/mol. The Balaban J connectivity index is 2.33. The number of aryl methyl sites for hydroxylation is 1. The summed E-state index contributed by atoms with van der Waals surface area (Å²) in [5.74, 6) is 6.78. The second-order valence-corrected chi connectivity index (χ2v) is 4.52. The number of nitrogens with zero attached hydrogens (tertiary/aromatic N) is 2. The molecule has 0 radical (unpaired) electrons. The topological polar surface area (TPSA) is 99.1 Å². The van der Waals surface area contributed by atoms with Gasteiger partial charge in [-0.2, -0.15) is 9.97 Å². The predicted octanol–water partition coefficient (Wildman–Crippen LogP) is 2.21. The van der Waals surface area contributed by atoms with Crippen LogP contribution < -0.4 is 21.7 Å². The molecule has 6 nitrogen and oxygen atoms in total. The molecule has 5 N–H and O–H groups in total. The van der Waals surface area contributed by atoms with Gasteiger partial charge in [0.05, 0.1) is 0 Å². The Morgan fingerprint density at radius 3 is 2.78 bits per heavy atom. The van der Waals surface area contributed by atoms with Gasteiger partial charge in [0.15, 0.2) is 0 Å². The van der Waals surface area contributed by atoms with Crippen molar-refractivity contribution in [3.05, 3.63) is 34.3 Å². The van der Waals surface area contributed by atoms with Crippen LogP contribution in [-0.4, -0.2) is 9.97 Å². The molecule has 0 bridgehead atoms. The van der Waals surface area contributed by atoms with Crippen molar-refractivity contribution in [1.29, 1.82) is 0 Å². The van der Waals surface area contributed by atoms with Crippen LogP contribution in [0.2, 0.25) is 0 Å². The fourth-order valence-electron chi connectivity index (χ4n) is 1.37. The number of hydrogen-bond donors (Lipinski definition) is 3. The maximum Gasteiger partial charge on any atom is 0.226 e. The van der Waals surface area contributed by atoms with Crippen molar-refractivity contribution < 1.29 is 4.74 Å². The number of ether oxygens (including phenoxy) is 1. The molecule has 1 aromatic carbocycles. The Kier molecular flexibility index (Phi) is 3.63. The molecule has 0 aliphatic carbocycles. The molecule has 0 unspecified atom stereocenters. The summed E-state index contributed by atoms with van der Waals surface area (Å²) in [6.07, 6.45) is 0. The number of nitrogens with two attached hydrogens (primary N) is 2. The van der Waals surface area contributed by atoms with E-state index >= 15 is 0 Å². The summed E-state index contributed by atoms with van der Waals surface area (Å²) in [7, 11) is 0. The normalized spacial score (nSPS) is 10.2. The van der Waals surface area contributed by atoms with E-state index in [-0.39, 0.29) is 5.95 Å². The Morgan fingerprint density at radius 1 is 1.28 bits per heavy atom. The maximum atomic E-state index is 5.66. The van der Waals surface area contributed by atoms with Crippen LogP contribution in [0.15, 0.2) is 28.7 Å². The lowest BCUT2D eigenvalue weighted by Gasteiger charge is -2.09. The second kappa shape index (κ2) is 5.19. The molecule has 2 rings (SSSR count). The summed E-state index contributed by atoms with van der Waals surface area (Å²) >= 11 is 3.38. The quantitative estimate of drug-likeness (QED) is 0.594. The molecule has 7 heteroatoms. The highest BCUT2D eigenvalue weighted by Crippen LogP contribution is 2.28. The van der Waals surface area contributed by atoms with E-state index in [1.807, 2.05) is 25.1 Å². The number of hydrazine groups is 1. The van der Waals surface area contributed by atoms with E-state index in [0.717, 1.165) is 10.0 Å². The molecule has 0 amide bonds. The third-order valence-electron chi connectivity index (χ3n) is 2.23. The molecule has 0 saturated carbocycles. The van der Waals surface area contributed by atoms with Crippen LogP contribution in [0.3, 0.4) is 0 Å². The largest absolute Gasteiger partial charge is 0.438 e. The van der Waals surface area contributed by atoms with E-state index in [2.05, 4.69) is 31.3 Å². The van der Waals surface area contributed by atoms with Gasteiger partial charge in [-0.15, -0.1) is 0 Å². The zero-order valence-electron chi connectivity index (χ0n) is 9.64. The Labute approximate surface area is 112 Å². The van der Waals surface area contributed by atoms with Crippen LogP contribution in [0.1, 0.15) is 5.56 Å². The van der Waals surface area contributed by atoms with E-state index < -0.39 is 0 Å². The van der Waals surface area contributed by atoms with Crippen LogP contribution >= 0.6 is 15.9 Å². The van der Waals surface area contributed by atoms with Crippen molar-refractivity contribution in [2.75, 3.05) is 11.2 Å². The molecule has 94 valence electrons. The molecule has 0 fully saturated rings. The molecular weight excluding hydrogens is 298 g/mol. The number of anilines is 2. The van der Waals surface area contributed by atoms with Gasteiger partial charge >= 0.3 is 0 Å². The summed E-state index contributed by atoms with van der Waals surface area (Å²) in [6, 6.07) is 7.29. The van der Waals surface area contributed by atoms with Gasteiger partial charge in [-0.3, -0.25) is 0 Å². The van der Waals surface area contributed by atoms with E-state index in [0.29, 0.717) is 17.4 Å². The van der Waals surface area contributed by atoms with Crippen LogP contribution in [-0.2, 0) is 0 Å². The van der Waals surface area contributed by atoms with Gasteiger partial charge in [0.1, 0.15) is 11.6 Å². The number of benzene rings is 1. The van der Waals surface area contributed by atoms with Crippen LogP contribution in [0.25, 0.3) is 0 Å². The highest BCUT2D eigenvalue weighted by atomic mass is 79.9. The number of nitrogen functional groups attached to an aromatic ring is 2. The van der Waals surface area contributed by atoms with E-state index in [1.165, 1.54) is 0 Å². The Hall–Kier alpha value is -1.86. The van der Waals surface area contributed by atoms with Gasteiger partial charge in [-0.05, 0) is 24.6 Å². The summed E-state index contributed by atoms with van der Waals surface area (Å²) in [5.41, 5.74) is 8.93. The highest BCUT2D eigenvalue weighted by Gasteiger charge is 2.06. The van der Waals surface area contributed by atoms with Crippen molar-refractivity contribution in [2.45, 2.75) is 6.92 Å². The van der Waals surface area contributed by atoms with Gasteiger partial charge in [0, 0.05) is 10.5 Å². The standard InChI is InChI=1S/C11H12BrN5O/c1-6-2-3-7(12)4-8(6)18-10-5-9(17-14)15-11(13)16-10/h2-5H,14H2,1H3,(H3,13,15,16,17). The minimum atomic E-state index is 0.0908.